The standard InChI is InChI=1S/C17H24Cl2N2O6S/c1-17(2,3)27-16(24)20-7-5-6-8-21(4)28(25,26)14-9-11(15(22)23)12(18)10-13(14)19/h9-10H,5-8H2,1-4H3,(H,20,24)(H,22,23). The fourth-order valence-electron chi connectivity index (χ4n) is 2.14. The number of carbonyl (C=O) groups is 2. The van der Waals surface area contributed by atoms with Gasteiger partial charge in [0.25, 0.3) is 0 Å². The van der Waals surface area contributed by atoms with Crippen LogP contribution in [0.3, 0.4) is 0 Å². The lowest BCUT2D eigenvalue weighted by molar-refractivity contribution is 0.0526. The van der Waals surface area contributed by atoms with Gasteiger partial charge in [-0.3, -0.25) is 0 Å². The summed E-state index contributed by atoms with van der Waals surface area (Å²) in [5.74, 6) is -1.35. The van der Waals surface area contributed by atoms with Crippen LogP contribution >= 0.6 is 23.2 Å². The molecular formula is C17H24Cl2N2O6S. The molecular weight excluding hydrogens is 431 g/mol. The van der Waals surface area contributed by atoms with Gasteiger partial charge in [-0.05, 0) is 45.7 Å². The van der Waals surface area contributed by atoms with E-state index < -0.39 is 27.7 Å². The van der Waals surface area contributed by atoms with Crippen LogP contribution in [0.15, 0.2) is 17.0 Å². The smallest absolute Gasteiger partial charge is 0.407 e. The largest absolute Gasteiger partial charge is 0.478 e. The number of alkyl carbamates (subject to hydrolysis) is 1. The molecule has 0 bridgehead atoms. The first kappa shape index (κ1) is 24.5. The summed E-state index contributed by atoms with van der Waals surface area (Å²) in [4.78, 5) is 22.4. The SMILES string of the molecule is CN(CCCCNC(=O)OC(C)(C)C)S(=O)(=O)c1cc(C(=O)O)c(Cl)cc1Cl. The number of sulfonamides is 1. The van der Waals surface area contributed by atoms with Crippen LogP contribution in [0.2, 0.25) is 10.0 Å². The number of ether oxygens (including phenoxy) is 1. The lowest BCUT2D eigenvalue weighted by atomic mass is 10.2. The number of aromatic carboxylic acids is 1. The van der Waals surface area contributed by atoms with Gasteiger partial charge in [0.2, 0.25) is 10.0 Å². The van der Waals surface area contributed by atoms with Crippen LogP contribution in [0.25, 0.3) is 0 Å². The van der Waals surface area contributed by atoms with Crippen LogP contribution < -0.4 is 5.32 Å². The van der Waals surface area contributed by atoms with E-state index in [2.05, 4.69) is 5.32 Å². The fourth-order valence-corrected chi connectivity index (χ4v) is 4.18. The third-order valence-electron chi connectivity index (χ3n) is 3.51. The van der Waals surface area contributed by atoms with E-state index in [1.807, 2.05) is 0 Å². The number of rotatable bonds is 8. The first-order valence-corrected chi connectivity index (χ1v) is 10.6. The van der Waals surface area contributed by atoms with Crippen molar-refractivity contribution in [2.75, 3.05) is 20.1 Å². The number of carboxylic acids is 1. The lowest BCUT2D eigenvalue weighted by Gasteiger charge is -2.20. The van der Waals surface area contributed by atoms with Crippen molar-refractivity contribution >= 4 is 45.3 Å². The van der Waals surface area contributed by atoms with E-state index in [0.29, 0.717) is 19.4 Å². The van der Waals surface area contributed by atoms with Crippen molar-refractivity contribution in [1.82, 2.24) is 9.62 Å². The molecule has 0 radical (unpaired) electrons. The number of nitrogens with one attached hydrogen (secondary N) is 1. The van der Waals surface area contributed by atoms with Gasteiger partial charge in [-0.25, -0.2) is 22.3 Å². The molecule has 1 amide bonds. The van der Waals surface area contributed by atoms with E-state index in [-0.39, 0.29) is 27.0 Å². The van der Waals surface area contributed by atoms with E-state index in [1.165, 1.54) is 7.05 Å². The maximum Gasteiger partial charge on any atom is 0.407 e. The summed E-state index contributed by atoms with van der Waals surface area (Å²) in [7, 11) is -2.64. The van der Waals surface area contributed by atoms with E-state index >= 15 is 0 Å². The topological polar surface area (TPSA) is 113 Å². The monoisotopic (exact) mass is 454 g/mol. The molecule has 0 fully saturated rings. The normalized spacial score (nSPS) is 12.1. The number of nitrogens with zero attached hydrogens (tertiary/aromatic N) is 1. The van der Waals surface area contributed by atoms with Crippen LogP contribution in [0, 0.1) is 0 Å². The van der Waals surface area contributed by atoms with E-state index in [1.54, 1.807) is 20.8 Å². The molecule has 0 unspecified atom stereocenters. The summed E-state index contributed by atoms with van der Waals surface area (Å²) in [6.45, 7) is 5.74. The van der Waals surface area contributed by atoms with Gasteiger partial charge >= 0.3 is 12.1 Å². The van der Waals surface area contributed by atoms with E-state index in [9.17, 15) is 18.0 Å². The van der Waals surface area contributed by atoms with Crippen molar-refractivity contribution < 1.29 is 27.9 Å². The number of halogens is 2. The number of carboxylic acid groups (broad SMARTS) is 1. The predicted molar refractivity (Wildman–Crippen MR) is 107 cm³/mol. The van der Waals surface area contributed by atoms with Crippen LogP contribution in [-0.4, -0.2) is 55.6 Å². The van der Waals surface area contributed by atoms with Gasteiger partial charge in [0, 0.05) is 20.1 Å². The summed E-state index contributed by atoms with van der Waals surface area (Å²) in [5, 5.41) is 11.4. The molecule has 0 spiro atoms. The zero-order chi connectivity index (χ0) is 21.7. The van der Waals surface area contributed by atoms with Crippen LogP contribution in [-0.2, 0) is 14.8 Å². The van der Waals surface area contributed by atoms with Crippen molar-refractivity contribution in [1.29, 1.82) is 0 Å². The van der Waals surface area contributed by atoms with Gasteiger partial charge in [0.15, 0.2) is 0 Å². The Hall–Kier alpha value is -1.55. The Bertz CT molecular complexity index is 837. The molecule has 0 saturated carbocycles. The highest BCUT2D eigenvalue weighted by Gasteiger charge is 2.26. The van der Waals surface area contributed by atoms with Crippen LogP contribution in [0.4, 0.5) is 4.79 Å². The third-order valence-corrected chi connectivity index (χ3v) is 6.14. The van der Waals surface area contributed by atoms with Crippen molar-refractivity contribution in [2.45, 2.75) is 44.1 Å². The molecule has 11 heteroatoms. The second-order valence-corrected chi connectivity index (χ2v) is 9.86. The first-order chi connectivity index (χ1) is 12.8. The first-order valence-electron chi connectivity index (χ1n) is 8.41. The Morgan fingerprint density at radius 1 is 1.18 bits per heavy atom. The second-order valence-electron chi connectivity index (χ2n) is 7.03. The molecule has 0 aliphatic rings. The second kappa shape index (κ2) is 9.78. The lowest BCUT2D eigenvalue weighted by Crippen LogP contribution is -2.33. The molecule has 1 rings (SSSR count). The highest BCUT2D eigenvalue weighted by molar-refractivity contribution is 7.89. The minimum absolute atomic E-state index is 0.146. The van der Waals surface area contributed by atoms with Gasteiger partial charge in [-0.15, -0.1) is 0 Å². The van der Waals surface area contributed by atoms with Crippen LogP contribution in [0.1, 0.15) is 44.0 Å². The number of unbranched alkanes of at least 4 members (excludes halogenated alkanes) is 1. The summed E-state index contributed by atoms with van der Waals surface area (Å²) in [6, 6.07) is 2.04. The highest BCUT2D eigenvalue weighted by atomic mass is 35.5. The Kier molecular flexibility index (Phi) is 8.55. The minimum Gasteiger partial charge on any atom is -0.478 e. The Labute approximate surface area is 174 Å². The molecule has 28 heavy (non-hydrogen) atoms. The third kappa shape index (κ3) is 7.12. The quantitative estimate of drug-likeness (QED) is 0.579. The Morgan fingerprint density at radius 2 is 1.79 bits per heavy atom. The number of hydrogen-bond acceptors (Lipinski definition) is 5. The molecule has 158 valence electrons. The molecule has 1 aromatic rings. The molecule has 0 aliphatic heterocycles. The summed E-state index contributed by atoms with van der Waals surface area (Å²) < 4.78 is 31.5. The molecule has 0 saturated heterocycles. The predicted octanol–water partition coefficient (Wildman–Crippen LogP) is 3.62. The average Bonchev–Trinajstić information content (AvgIpc) is 2.51. The maximum absolute atomic E-state index is 12.7. The molecule has 0 aliphatic carbocycles. The van der Waals surface area contributed by atoms with Crippen molar-refractivity contribution in [2.24, 2.45) is 0 Å². The summed E-state index contributed by atoms with van der Waals surface area (Å²) >= 11 is 11.8. The zero-order valence-electron chi connectivity index (χ0n) is 16.1. The molecule has 2 N–H and O–H groups in total. The maximum atomic E-state index is 12.7. The highest BCUT2D eigenvalue weighted by Crippen LogP contribution is 2.30. The molecule has 0 heterocycles. The number of benzene rings is 1. The van der Waals surface area contributed by atoms with Crippen molar-refractivity contribution in [3.05, 3.63) is 27.7 Å². The average molecular weight is 455 g/mol. The van der Waals surface area contributed by atoms with Gasteiger partial charge in [0.05, 0.1) is 15.6 Å². The van der Waals surface area contributed by atoms with Gasteiger partial charge < -0.3 is 15.2 Å². The Balaban J connectivity index is 2.67. The zero-order valence-corrected chi connectivity index (χ0v) is 18.4. The molecule has 0 atom stereocenters. The molecule has 1 aromatic carbocycles. The number of hydrogen-bond donors (Lipinski definition) is 2. The van der Waals surface area contributed by atoms with E-state index in [0.717, 1.165) is 16.4 Å². The summed E-state index contributed by atoms with van der Waals surface area (Å²) in [5.41, 5.74) is -0.940. The molecule has 0 aromatic heterocycles. The van der Waals surface area contributed by atoms with Crippen LogP contribution in [0.5, 0.6) is 0 Å². The minimum atomic E-state index is -4.00. The van der Waals surface area contributed by atoms with Gasteiger partial charge in [-0.2, -0.15) is 0 Å². The summed E-state index contributed by atoms with van der Waals surface area (Å²) in [6.07, 6.45) is 0.443. The van der Waals surface area contributed by atoms with Gasteiger partial charge in [-0.1, -0.05) is 23.2 Å². The fraction of sp³-hybridized carbons (Fsp3) is 0.529. The number of carbonyl (C=O) groups excluding carboxylic acids is 1. The molecule has 8 nitrogen and oxygen atoms in total. The number of amides is 1. The Morgan fingerprint density at radius 3 is 2.32 bits per heavy atom. The van der Waals surface area contributed by atoms with Crippen molar-refractivity contribution in [3.63, 3.8) is 0 Å². The van der Waals surface area contributed by atoms with Crippen molar-refractivity contribution in [3.8, 4) is 0 Å². The van der Waals surface area contributed by atoms with E-state index in [4.69, 9.17) is 33.0 Å². The van der Waals surface area contributed by atoms with Gasteiger partial charge in [0.1, 0.15) is 10.5 Å².